The summed E-state index contributed by atoms with van der Waals surface area (Å²) in [5, 5.41) is 18.6. The van der Waals surface area contributed by atoms with Crippen LogP contribution in [0.15, 0.2) is 39.1 Å². The van der Waals surface area contributed by atoms with Crippen molar-refractivity contribution in [2.24, 2.45) is 0 Å². The molecule has 0 bridgehead atoms. The van der Waals surface area contributed by atoms with Crippen LogP contribution in [0.1, 0.15) is 26.3 Å². The van der Waals surface area contributed by atoms with Crippen molar-refractivity contribution in [3.05, 3.63) is 45.8 Å². The van der Waals surface area contributed by atoms with Crippen LogP contribution in [0.2, 0.25) is 0 Å². The van der Waals surface area contributed by atoms with Crippen molar-refractivity contribution < 1.29 is 4.42 Å². The molecule has 0 spiro atoms. The molecule has 2 aromatic rings. The van der Waals surface area contributed by atoms with Gasteiger partial charge in [0.05, 0.1) is 5.56 Å². The Bertz CT molecular complexity index is 890. The van der Waals surface area contributed by atoms with Gasteiger partial charge in [-0.15, -0.1) is 0 Å². The molecule has 0 aliphatic heterocycles. The average molecular weight is 307 g/mol. The summed E-state index contributed by atoms with van der Waals surface area (Å²) in [6.45, 7) is 7.42. The molecule has 0 atom stereocenters. The molecule has 0 N–H and O–H groups in total. The highest BCUT2D eigenvalue weighted by atomic mass is 16.4. The Morgan fingerprint density at radius 3 is 2.39 bits per heavy atom. The first-order valence-electron chi connectivity index (χ1n) is 7.40. The Balaban J connectivity index is 2.64. The maximum absolute atomic E-state index is 12.2. The third-order valence-corrected chi connectivity index (χ3v) is 3.85. The maximum Gasteiger partial charge on any atom is 0.343 e. The topological polar surface area (TPSA) is 81.0 Å². The zero-order valence-electron chi connectivity index (χ0n) is 13.4. The molecule has 5 nitrogen and oxygen atoms in total. The second-order valence-corrected chi connectivity index (χ2v) is 5.07. The number of nitrogens with zero attached hydrogens (tertiary/aromatic N) is 3. The van der Waals surface area contributed by atoms with Crippen molar-refractivity contribution in [3.63, 3.8) is 0 Å². The Morgan fingerprint density at radius 2 is 1.83 bits per heavy atom. The van der Waals surface area contributed by atoms with Gasteiger partial charge in [0.15, 0.2) is 0 Å². The lowest BCUT2D eigenvalue weighted by Crippen LogP contribution is -2.21. The molecule has 0 aliphatic carbocycles. The largest absolute Gasteiger partial charge is 0.422 e. The van der Waals surface area contributed by atoms with Gasteiger partial charge in [-0.1, -0.05) is 0 Å². The third kappa shape index (κ3) is 3.09. The predicted molar refractivity (Wildman–Crippen MR) is 89.9 cm³/mol. The summed E-state index contributed by atoms with van der Waals surface area (Å²) >= 11 is 0. The van der Waals surface area contributed by atoms with E-state index in [1.54, 1.807) is 25.1 Å². The molecule has 1 heterocycles. The predicted octanol–water partition coefficient (Wildman–Crippen LogP) is 3.46. The molecular weight excluding hydrogens is 290 g/mol. The van der Waals surface area contributed by atoms with Gasteiger partial charge in [-0.05, 0) is 44.5 Å². The molecule has 116 valence electrons. The summed E-state index contributed by atoms with van der Waals surface area (Å²) in [6, 6.07) is 10.9. The second-order valence-electron chi connectivity index (χ2n) is 5.07. The molecule has 1 aromatic heterocycles. The Morgan fingerprint density at radius 1 is 1.17 bits per heavy atom. The van der Waals surface area contributed by atoms with E-state index in [2.05, 4.69) is 18.7 Å². The summed E-state index contributed by atoms with van der Waals surface area (Å²) in [4.78, 5) is 14.4. The lowest BCUT2D eigenvalue weighted by molar-refractivity contribution is 0.558. The Labute approximate surface area is 134 Å². The van der Waals surface area contributed by atoms with Crippen LogP contribution in [0, 0.1) is 22.7 Å². The van der Waals surface area contributed by atoms with E-state index < -0.39 is 5.63 Å². The van der Waals surface area contributed by atoms with Gasteiger partial charge < -0.3 is 9.32 Å². The van der Waals surface area contributed by atoms with E-state index in [1.807, 2.05) is 18.2 Å². The lowest BCUT2D eigenvalue weighted by Gasteiger charge is -2.21. The van der Waals surface area contributed by atoms with Crippen molar-refractivity contribution in [1.29, 1.82) is 10.5 Å². The molecule has 0 radical (unpaired) electrons. The van der Waals surface area contributed by atoms with Crippen LogP contribution in [-0.4, -0.2) is 13.1 Å². The van der Waals surface area contributed by atoms with Gasteiger partial charge in [0.2, 0.25) is 0 Å². The van der Waals surface area contributed by atoms with E-state index in [0.29, 0.717) is 11.2 Å². The number of fused-ring (bicyclic) bond motifs is 1. The van der Waals surface area contributed by atoms with E-state index in [-0.39, 0.29) is 11.1 Å². The highest BCUT2D eigenvalue weighted by molar-refractivity contribution is 5.85. The fourth-order valence-corrected chi connectivity index (χ4v) is 2.47. The standard InChI is InChI=1S/C18H17N3O2/c1-4-21(5-2)15-7-6-13-8-16(12(3)14(10-19)11-20)18(22)23-17(13)9-15/h6-9H,4-5H2,1-3H3. The van der Waals surface area contributed by atoms with Crippen LogP contribution in [-0.2, 0) is 0 Å². The quantitative estimate of drug-likeness (QED) is 0.638. The summed E-state index contributed by atoms with van der Waals surface area (Å²) in [6.07, 6.45) is 0. The molecule has 0 fully saturated rings. The van der Waals surface area contributed by atoms with Crippen molar-refractivity contribution in [2.45, 2.75) is 20.8 Å². The second kappa shape index (κ2) is 6.81. The lowest BCUT2D eigenvalue weighted by atomic mass is 10.0. The molecule has 0 saturated heterocycles. The maximum atomic E-state index is 12.2. The first-order valence-corrected chi connectivity index (χ1v) is 7.40. The minimum atomic E-state index is -0.547. The van der Waals surface area contributed by atoms with Gasteiger partial charge in [0.1, 0.15) is 23.3 Å². The van der Waals surface area contributed by atoms with E-state index in [9.17, 15) is 4.79 Å². The monoisotopic (exact) mass is 307 g/mol. The first-order chi connectivity index (χ1) is 11.0. The van der Waals surface area contributed by atoms with E-state index in [4.69, 9.17) is 14.9 Å². The highest BCUT2D eigenvalue weighted by Gasteiger charge is 2.12. The fraction of sp³-hybridized carbons (Fsp3) is 0.278. The minimum absolute atomic E-state index is 0.0867. The van der Waals surface area contributed by atoms with Gasteiger partial charge in [-0.2, -0.15) is 10.5 Å². The summed E-state index contributed by atoms with van der Waals surface area (Å²) < 4.78 is 5.40. The van der Waals surface area contributed by atoms with Crippen molar-refractivity contribution in [1.82, 2.24) is 0 Å². The summed E-state index contributed by atoms with van der Waals surface area (Å²) in [5.74, 6) is 0. The summed E-state index contributed by atoms with van der Waals surface area (Å²) in [5.41, 5.74) is 1.42. The van der Waals surface area contributed by atoms with Crippen LogP contribution in [0.5, 0.6) is 0 Å². The normalized spacial score (nSPS) is 9.96. The number of hydrogen-bond acceptors (Lipinski definition) is 5. The molecular formula is C18H17N3O2. The molecule has 0 saturated carbocycles. The van der Waals surface area contributed by atoms with Crippen molar-refractivity contribution >= 4 is 22.2 Å². The molecule has 1 aromatic carbocycles. The number of benzene rings is 1. The number of allylic oxidation sites excluding steroid dienone is 2. The zero-order chi connectivity index (χ0) is 17.0. The molecule has 0 aliphatic rings. The molecule has 0 amide bonds. The van der Waals surface area contributed by atoms with Crippen LogP contribution in [0.25, 0.3) is 16.5 Å². The highest BCUT2D eigenvalue weighted by Crippen LogP contribution is 2.24. The smallest absolute Gasteiger partial charge is 0.343 e. The third-order valence-electron chi connectivity index (χ3n) is 3.85. The first kappa shape index (κ1) is 16.3. The van der Waals surface area contributed by atoms with E-state index in [1.165, 1.54) is 0 Å². The Hall–Kier alpha value is -3.05. The number of anilines is 1. The van der Waals surface area contributed by atoms with E-state index in [0.717, 1.165) is 24.2 Å². The molecule has 23 heavy (non-hydrogen) atoms. The van der Waals surface area contributed by atoms with Gasteiger partial charge in [-0.3, -0.25) is 0 Å². The molecule has 5 heteroatoms. The van der Waals surface area contributed by atoms with Crippen molar-refractivity contribution in [2.75, 3.05) is 18.0 Å². The number of rotatable bonds is 4. The van der Waals surface area contributed by atoms with Gasteiger partial charge in [0, 0.05) is 30.2 Å². The number of nitriles is 2. The van der Waals surface area contributed by atoms with Crippen LogP contribution < -0.4 is 10.5 Å². The van der Waals surface area contributed by atoms with Crippen LogP contribution in [0.3, 0.4) is 0 Å². The fourth-order valence-electron chi connectivity index (χ4n) is 2.47. The molecule has 2 rings (SSSR count). The number of hydrogen-bond donors (Lipinski definition) is 0. The average Bonchev–Trinajstić information content (AvgIpc) is 2.56. The zero-order valence-corrected chi connectivity index (χ0v) is 13.4. The van der Waals surface area contributed by atoms with Gasteiger partial charge >= 0.3 is 5.63 Å². The van der Waals surface area contributed by atoms with Crippen LogP contribution >= 0.6 is 0 Å². The van der Waals surface area contributed by atoms with Crippen LogP contribution in [0.4, 0.5) is 5.69 Å². The van der Waals surface area contributed by atoms with Gasteiger partial charge in [0.25, 0.3) is 0 Å². The minimum Gasteiger partial charge on any atom is -0.422 e. The van der Waals surface area contributed by atoms with E-state index >= 15 is 0 Å². The van der Waals surface area contributed by atoms with Gasteiger partial charge in [-0.25, -0.2) is 4.79 Å². The SMILES string of the molecule is CCN(CC)c1ccc2cc(C(C)=C(C#N)C#N)c(=O)oc2c1. The molecule has 0 unspecified atom stereocenters. The van der Waals surface area contributed by atoms with Crippen molar-refractivity contribution in [3.8, 4) is 12.1 Å². The summed E-state index contributed by atoms with van der Waals surface area (Å²) in [7, 11) is 0. The Kier molecular flexibility index (Phi) is 4.83.